The quantitative estimate of drug-likeness (QED) is 0.528. The van der Waals surface area contributed by atoms with Gasteiger partial charge < -0.3 is 19.9 Å². The first-order valence-corrected chi connectivity index (χ1v) is 12.3. The lowest BCUT2D eigenvalue weighted by Gasteiger charge is -2.32. The van der Waals surface area contributed by atoms with Gasteiger partial charge in [-0.1, -0.05) is 44.2 Å². The highest BCUT2D eigenvalue weighted by Gasteiger charge is 2.24. The van der Waals surface area contributed by atoms with Crippen LogP contribution in [0.1, 0.15) is 26.7 Å². The van der Waals surface area contributed by atoms with Gasteiger partial charge in [-0.25, -0.2) is 9.78 Å². The molecule has 0 unspecified atom stereocenters. The summed E-state index contributed by atoms with van der Waals surface area (Å²) in [5.74, 6) is 2.23. The fraction of sp³-hybridized carbons (Fsp3) is 0.407. The average Bonchev–Trinajstić information content (AvgIpc) is 2.89. The van der Waals surface area contributed by atoms with Gasteiger partial charge in [0, 0.05) is 45.5 Å². The summed E-state index contributed by atoms with van der Waals surface area (Å²) in [4.78, 5) is 37.7. The van der Waals surface area contributed by atoms with Gasteiger partial charge in [0.2, 0.25) is 5.95 Å². The Morgan fingerprint density at radius 2 is 1.86 bits per heavy atom. The van der Waals surface area contributed by atoms with E-state index in [9.17, 15) is 9.59 Å². The summed E-state index contributed by atoms with van der Waals surface area (Å²) >= 11 is 0. The Morgan fingerprint density at radius 3 is 2.56 bits per heavy atom. The number of ether oxygens (including phenoxy) is 1. The van der Waals surface area contributed by atoms with E-state index in [4.69, 9.17) is 9.72 Å². The topological polar surface area (TPSA) is 92.6 Å². The highest BCUT2D eigenvalue weighted by Crippen LogP contribution is 2.26. The van der Waals surface area contributed by atoms with Crippen LogP contribution in [0, 0.1) is 5.92 Å². The molecule has 1 aliphatic heterocycles. The standard InChI is InChI=1S/C27H34N6O3/c1-19(2)18-36-27(35)33-14-11-22(12-15-33)29-26-28-13-10-23(30-26)31(3)24-16-21(17-25(34)32(24)4)20-8-6-5-7-9-20/h5-10,13,16-17,19,22H,11-12,14-15,18H2,1-4H3,(H,28,29,30). The predicted molar refractivity (Wildman–Crippen MR) is 142 cm³/mol. The van der Waals surface area contributed by atoms with Crippen LogP contribution < -0.4 is 15.8 Å². The van der Waals surface area contributed by atoms with Crippen molar-refractivity contribution in [1.82, 2.24) is 19.4 Å². The minimum Gasteiger partial charge on any atom is -0.449 e. The van der Waals surface area contributed by atoms with Crippen LogP contribution >= 0.6 is 0 Å². The maximum Gasteiger partial charge on any atom is 0.409 e. The largest absolute Gasteiger partial charge is 0.449 e. The predicted octanol–water partition coefficient (Wildman–Crippen LogP) is 4.28. The summed E-state index contributed by atoms with van der Waals surface area (Å²) in [5.41, 5.74) is 1.74. The third-order valence-corrected chi connectivity index (χ3v) is 6.30. The van der Waals surface area contributed by atoms with Crippen molar-refractivity contribution >= 4 is 23.7 Å². The molecule has 3 aromatic rings. The van der Waals surface area contributed by atoms with Gasteiger partial charge in [0.05, 0.1) is 6.61 Å². The van der Waals surface area contributed by atoms with Gasteiger partial charge in [0.25, 0.3) is 5.56 Å². The van der Waals surface area contributed by atoms with Crippen molar-refractivity contribution in [2.45, 2.75) is 32.7 Å². The molecule has 1 N–H and O–H groups in total. The number of carbonyl (C=O) groups is 1. The van der Waals surface area contributed by atoms with Gasteiger partial charge >= 0.3 is 6.09 Å². The zero-order valence-electron chi connectivity index (χ0n) is 21.3. The third-order valence-electron chi connectivity index (χ3n) is 6.30. The second-order valence-corrected chi connectivity index (χ2v) is 9.54. The minimum atomic E-state index is -0.245. The Hall–Kier alpha value is -3.88. The number of likely N-dealkylation sites (tertiary alicyclic amines) is 1. The lowest BCUT2D eigenvalue weighted by atomic mass is 10.1. The van der Waals surface area contributed by atoms with Crippen LogP contribution in [0.4, 0.5) is 22.4 Å². The number of hydrogen-bond donors (Lipinski definition) is 1. The van der Waals surface area contributed by atoms with Gasteiger partial charge in [-0.05, 0) is 42.0 Å². The number of piperidine rings is 1. The summed E-state index contributed by atoms with van der Waals surface area (Å²) < 4.78 is 6.95. The number of nitrogens with one attached hydrogen (secondary N) is 1. The fourth-order valence-electron chi connectivity index (χ4n) is 4.18. The second kappa shape index (κ2) is 11.2. The highest BCUT2D eigenvalue weighted by atomic mass is 16.6. The van der Waals surface area contributed by atoms with E-state index in [1.807, 2.05) is 68.3 Å². The van der Waals surface area contributed by atoms with Crippen LogP contribution in [-0.4, -0.2) is 58.3 Å². The Kier molecular flexibility index (Phi) is 7.87. The van der Waals surface area contributed by atoms with Gasteiger partial charge in [0.1, 0.15) is 11.6 Å². The molecule has 1 amide bonds. The summed E-state index contributed by atoms with van der Waals surface area (Å²) in [6.07, 6.45) is 3.03. The Bertz CT molecular complexity index is 1240. The zero-order valence-corrected chi connectivity index (χ0v) is 21.3. The molecule has 0 bridgehead atoms. The molecule has 1 aromatic carbocycles. The van der Waals surface area contributed by atoms with Crippen molar-refractivity contribution < 1.29 is 9.53 Å². The summed E-state index contributed by atoms with van der Waals surface area (Å²) in [7, 11) is 3.64. The molecule has 4 rings (SSSR count). The SMILES string of the molecule is CC(C)COC(=O)N1CCC(Nc2nccc(N(C)c3cc(-c4ccccc4)cc(=O)n3C)n2)CC1. The van der Waals surface area contributed by atoms with Crippen LogP contribution in [0.3, 0.4) is 0 Å². The average molecular weight is 491 g/mol. The van der Waals surface area contributed by atoms with Gasteiger partial charge in [-0.15, -0.1) is 0 Å². The second-order valence-electron chi connectivity index (χ2n) is 9.54. The van der Waals surface area contributed by atoms with E-state index in [-0.39, 0.29) is 17.7 Å². The highest BCUT2D eigenvalue weighted by molar-refractivity contribution is 5.69. The molecule has 36 heavy (non-hydrogen) atoms. The maximum atomic E-state index is 12.7. The van der Waals surface area contributed by atoms with E-state index in [1.165, 1.54) is 0 Å². The van der Waals surface area contributed by atoms with E-state index < -0.39 is 0 Å². The van der Waals surface area contributed by atoms with E-state index in [2.05, 4.69) is 10.3 Å². The molecule has 9 heteroatoms. The van der Waals surface area contributed by atoms with Crippen molar-refractivity contribution in [2.75, 3.05) is 37.0 Å². The van der Waals surface area contributed by atoms with Gasteiger partial charge in [0.15, 0.2) is 0 Å². The number of amides is 1. The minimum absolute atomic E-state index is 0.0933. The van der Waals surface area contributed by atoms with Gasteiger partial charge in [-0.3, -0.25) is 9.36 Å². The monoisotopic (exact) mass is 490 g/mol. The molecule has 190 valence electrons. The smallest absolute Gasteiger partial charge is 0.409 e. The molecule has 0 spiro atoms. The summed E-state index contributed by atoms with van der Waals surface area (Å²) in [6, 6.07) is 15.4. The fourth-order valence-corrected chi connectivity index (χ4v) is 4.18. The van der Waals surface area contributed by atoms with Crippen molar-refractivity contribution in [1.29, 1.82) is 0 Å². The lowest BCUT2D eigenvalue weighted by molar-refractivity contribution is 0.0845. The number of pyridine rings is 1. The normalized spacial score (nSPS) is 14.1. The van der Waals surface area contributed by atoms with Gasteiger partial charge in [-0.2, -0.15) is 4.98 Å². The Morgan fingerprint density at radius 1 is 1.14 bits per heavy atom. The molecule has 0 saturated carbocycles. The maximum absolute atomic E-state index is 12.7. The number of anilines is 3. The zero-order chi connectivity index (χ0) is 25.7. The van der Waals surface area contributed by atoms with Crippen molar-refractivity contribution in [3.05, 3.63) is 65.1 Å². The Balaban J connectivity index is 1.44. The molecule has 0 radical (unpaired) electrons. The first kappa shape index (κ1) is 25.2. The molecule has 1 aliphatic rings. The van der Waals surface area contributed by atoms with Crippen LogP contribution in [0.25, 0.3) is 11.1 Å². The molecule has 1 saturated heterocycles. The Labute approximate surface area is 211 Å². The van der Waals surface area contributed by atoms with E-state index >= 15 is 0 Å². The molecule has 1 fully saturated rings. The number of rotatable bonds is 7. The number of benzene rings is 1. The van der Waals surface area contributed by atoms with E-state index in [0.29, 0.717) is 37.4 Å². The first-order valence-electron chi connectivity index (χ1n) is 12.3. The molecule has 0 atom stereocenters. The first-order chi connectivity index (χ1) is 17.3. The number of carbonyl (C=O) groups excluding carboxylic acids is 1. The number of aromatic nitrogens is 3. The van der Waals surface area contributed by atoms with Crippen LogP contribution in [0.2, 0.25) is 0 Å². The van der Waals surface area contributed by atoms with Crippen LogP contribution in [0.5, 0.6) is 0 Å². The molecular formula is C27H34N6O3. The van der Waals surface area contributed by atoms with Crippen LogP contribution in [-0.2, 0) is 11.8 Å². The lowest BCUT2D eigenvalue weighted by Crippen LogP contribution is -2.43. The van der Waals surface area contributed by atoms with Crippen molar-refractivity contribution in [2.24, 2.45) is 13.0 Å². The number of hydrogen-bond acceptors (Lipinski definition) is 7. The summed E-state index contributed by atoms with van der Waals surface area (Å²) in [6.45, 7) is 5.74. The molecule has 0 aliphatic carbocycles. The number of nitrogens with zero attached hydrogens (tertiary/aromatic N) is 5. The third kappa shape index (κ3) is 6.02. The van der Waals surface area contributed by atoms with Crippen molar-refractivity contribution in [3.63, 3.8) is 0 Å². The van der Waals surface area contributed by atoms with E-state index in [1.54, 1.807) is 28.8 Å². The molecular weight excluding hydrogens is 456 g/mol. The molecule has 2 aromatic heterocycles. The molecule has 9 nitrogen and oxygen atoms in total. The summed E-state index contributed by atoms with van der Waals surface area (Å²) in [5, 5.41) is 3.40. The van der Waals surface area contributed by atoms with Crippen LogP contribution in [0.15, 0.2) is 59.5 Å². The molecule has 3 heterocycles. The van der Waals surface area contributed by atoms with E-state index in [0.717, 1.165) is 29.8 Å². The van der Waals surface area contributed by atoms with Crippen molar-refractivity contribution in [3.8, 4) is 11.1 Å².